The molecule has 0 fully saturated rings. The summed E-state index contributed by atoms with van der Waals surface area (Å²) in [5, 5.41) is 0. The van der Waals surface area contributed by atoms with Crippen LogP contribution in [0.5, 0.6) is 0 Å². The van der Waals surface area contributed by atoms with Crippen molar-refractivity contribution in [3.05, 3.63) is 58.3 Å². The van der Waals surface area contributed by atoms with Crippen LogP contribution >= 0.6 is 15.9 Å². The average molecular weight is 437 g/mol. The van der Waals surface area contributed by atoms with Crippen LogP contribution in [0.4, 0.5) is 0 Å². The highest BCUT2D eigenvalue weighted by atomic mass is 79.9. The van der Waals surface area contributed by atoms with Crippen LogP contribution in [0.2, 0.25) is 18.1 Å². The van der Waals surface area contributed by atoms with Crippen LogP contribution in [-0.4, -0.2) is 14.9 Å². The van der Waals surface area contributed by atoms with E-state index < -0.39 is 8.32 Å². The first kappa shape index (κ1) is 21.5. The zero-order valence-corrected chi connectivity index (χ0v) is 19.1. The summed E-state index contributed by atoms with van der Waals surface area (Å²) >= 11 is 3.85. The van der Waals surface area contributed by atoms with Crippen LogP contribution < -0.4 is 0 Å². The number of halogens is 1. The highest BCUT2D eigenvalue weighted by Crippen LogP contribution is 2.38. The molecule has 2 rings (SSSR count). The lowest BCUT2D eigenvalue weighted by molar-refractivity contribution is 0.148. The Morgan fingerprint density at radius 3 is 2.46 bits per heavy atom. The zero-order valence-electron chi connectivity index (χ0n) is 16.5. The van der Waals surface area contributed by atoms with Crippen molar-refractivity contribution in [3.63, 3.8) is 0 Å². The lowest BCUT2D eigenvalue weighted by Gasteiger charge is -2.34. The standard InChI is InChI=1S/C22H33BrO2Si/c1-4-26(5-2,6-3)25-21-16-10-14-20(22(21)23)15-11-17-24-18-19-12-8-7-9-13-19/h7-9,11-13,15,20H,4-6,10,14,16-18H2,1-3H3/b15-11+/t20-/m1/s1. The Morgan fingerprint density at radius 1 is 1.12 bits per heavy atom. The third kappa shape index (κ3) is 6.10. The van der Waals surface area contributed by atoms with Gasteiger partial charge in [-0.15, -0.1) is 0 Å². The second kappa shape index (κ2) is 11.1. The largest absolute Gasteiger partial charge is 0.546 e. The van der Waals surface area contributed by atoms with Crippen molar-refractivity contribution < 1.29 is 9.16 Å². The van der Waals surface area contributed by atoms with Gasteiger partial charge < -0.3 is 9.16 Å². The molecule has 144 valence electrons. The number of hydrogen-bond donors (Lipinski definition) is 0. The first-order chi connectivity index (χ1) is 12.6. The van der Waals surface area contributed by atoms with Crippen molar-refractivity contribution in [3.8, 4) is 0 Å². The first-order valence-electron chi connectivity index (χ1n) is 10.00. The molecule has 0 amide bonds. The molecule has 0 unspecified atom stereocenters. The van der Waals surface area contributed by atoms with Gasteiger partial charge in [0.25, 0.3) is 0 Å². The third-order valence-electron chi connectivity index (χ3n) is 5.48. The predicted molar refractivity (Wildman–Crippen MR) is 117 cm³/mol. The number of benzene rings is 1. The molecule has 2 nitrogen and oxygen atoms in total. The lowest BCUT2D eigenvalue weighted by Crippen LogP contribution is -2.36. The first-order valence-corrected chi connectivity index (χ1v) is 13.3. The quantitative estimate of drug-likeness (QED) is 0.219. The van der Waals surface area contributed by atoms with Crippen molar-refractivity contribution >= 4 is 24.2 Å². The molecular formula is C22H33BrO2Si. The maximum atomic E-state index is 6.66. The second-order valence-corrected chi connectivity index (χ2v) is 12.6. The minimum atomic E-state index is -1.59. The molecule has 0 heterocycles. The summed E-state index contributed by atoms with van der Waals surface area (Å²) in [6.07, 6.45) is 7.89. The summed E-state index contributed by atoms with van der Waals surface area (Å²) in [5.41, 5.74) is 1.22. The van der Waals surface area contributed by atoms with Gasteiger partial charge >= 0.3 is 0 Å². The second-order valence-electron chi connectivity index (χ2n) is 7.04. The Hall–Kier alpha value is -0.843. The van der Waals surface area contributed by atoms with Crippen molar-refractivity contribution in [2.45, 2.75) is 64.8 Å². The van der Waals surface area contributed by atoms with Gasteiger partial charge in [-0.05, 0) is 36.5 Å². The minimum absolute atomic E-state index is 0.427. The highest BCUT2D eigenvalue weighted by molar-refractivity contribution is 9.11. The van der Waals surface area contributed by atoms with E-state index in [0.717, 1.165) is 6.42 Å². The van der Waals surface area contributed by atoms with Crippen LogP contribution in [0.1, 0.15) is 45.6 Å². The Bertz CT molecular complexity index is 585. The summed E-state index contributed by atoms with van der Waals surface area (Å²) in [6.45, 7) is 8.19. The summed E-state index contributed by atoms with van der Waals surface area (Å²) in [7, 11) is -1.59. The minimum Gasteiger partial charge on any atom is -0.546 e. The lowest BCUT2D eigenvalue weighted by atomic mass is 9.94. The molecule has 4 heteroatoms. The SMILES string of the molecule is CC[Si](CC)(CC)OC1=C(Br)[C@@H](/C=C/COCc2ccccc2)CCC1. The van der Waals surface area contributed by atoms with Gasteiger partial charge in [0.2, 0.25) is 8.32 Å². The molecule has 0 aliphatic heterocycles. The zero-order chi connectivity index (χ0) is 18.8. The molecule has 0 saturated heterocycles. The van der Waals surface area contributed by atoms with E-state index in [0.29, 0.717) is 19.1 Å². The van der Waals surface area contributed by atoms with Gasteiger partial charge in [0.15, 0.2) is 0 Å². The molecule has 1 atom stereocenters. The van der Waals surface area contributed by atoms with Gasteiger partial charge in [-0.2, -0.15) is 0 Å². The molecule has 1 aliphatic rings. The highest BCUT2D eigenvalue weighted by Gasteiger charge is 2.33. The fraction of sp³-hybridized carbons (Fsp3) is 0.545. The number of hydrogen-bond acceptors (Lipinski definition) is 2. The van der Waals surface area contributed by atoms with Gasteiger partial charge in [0.05, 0.1) is 19.0 Å². The average Bonchev–Trinajstić information content (AvgIpc) is 2.69. The summed E-state index contributed by atoms with van der Waals surface area (Å²) in [4.78, 5) is 0. The van der Waals surface area contributed by atoms with Crippen molar-refractivity contribution in [2.24, 2.45) is 5.92 Å². The summed E-state index contributed by atoms with van der Waals surface area (Å²) in [6, 6.07) is 13.9. The van der Waals surface area contributed by atoms with Crippen LogP contribution in [0, 0.1) is 5.92 Å². The van der Waals surface area contributed by atoms with E-state index in [1.807, 2.05) is 18.2 Å². The maximum absolute atomic E-state index is 6.66. The monoisotopic (exact) mass is 436 g/mol. The van der Waals surface area contributed by atoms with Gasteiger partial charge in [0, 0.05) is 16.8 Å². The molecule has 1 aliphatic carbocycles. The number of ether oxygens (including phenoxy) is 1. The molecule has 1 aromatic rings. The van der Waals surface area contributed by atoms with E-state index in [9.17, 15) is 0 Å². The van der Waals surface area contributed by atoms with Gasteiger partial charge in [-0.1, -0.05) is 79.2 Å². The Morgan fingerprint density at radius 2 is 1.81 bits per heavy atom. The van der Waals surface area contributed by atoms with Crippen LogP contribution in [0.25, 0.3) is 0 Å². The van der Waals surface area contributed by atoms with Crippen LogP contribution in [0.3, 0.4) is 0 Å². The van der Waals surface area contributed by atoms with E-state index in [-0.39, 0.29) is 0 Å². The van der Waals surface area contributed by atoms with Crippen molar-refractivity contribution in [2.75, 3.05) is 6.61 Å². The fourth-order valence-electron chi connectivity index (χ4n) is 3.48. The smallest absolute Gasteiger partial charge is 0.250 e. The summed E-state index contributed by atoms with van der Waals surface area (Å²) in [5.74, 6) is 1.64. The summed E-state index contributed by atoms with van der Waals surface area (Å²) < 4.78 is 13.7. The van der Waals surface area contributed by atoms with E-state index in [4.69, 9.17) is 9.16 Å². The fourth-order valence-corrected chi connectivity index (χ4v) is 6.96. The Labute approximate surface area is 168 Å². The van der Waals surface area contributed by atoms with Gasteiger partial charge in [-0.3, -0.25) is 0 Å². The molecule has 0 bridgehead atoms. The predicted octanol–water partition coefficient (Wildman–Crippen LogP) is 7.19. The molecule has 0 saturated carbocycles. The van der Waals surface area contributed by atoms with E-state index >= 15 is 0 Å². The number of rotatable bonds is 10. The Balaban J connectivity index is 1.90. The van der Waals surface area contributed by atoms with E-state index in [1.54, 1.807) is 0 Å². The normalized spacial score (nSPS) is 18.5. The van der Waals surface area contributed by atoms with E-state index in [1.165, 1.54) is 46.8 Å². The molecule has 0 aromatic heterocycles. The Kier molecular flexibility index (Phi) is 9.16. The molecule has 0 N–H and O–H groups in total. The molecule has 1 aromatic carbocycles. The third-order valence-corrected chi connectivity index (χ3v) is 11.1. The molecule has 0 spiro atoms. The molecule has 0 radical (unpaired) electrons. The molecule has 26 heavy (non-hydrogen) atoms. The van der Waals surface area contributed by atoms with Crippen LogP contribution in [0.15, 0.2) is 52.7 Å². The van der Waals surface area contributed by atoms with Gasteiger partial charge in [-0.25, -0.2) is 0 Å². The topological polar surface area (TPSA) is 18.5 Å². The van der Waals surface area contributed by atoms with E-state index in [2.05, 4.69) is 61.0 Å². The van der Waals surface area contributed by atoms with Crippen molar-refractivity contribution in [1.82, 2.24) is 0 Å². The van der Waals surface area contributed by atoms with Gasteiger partial charge in [0.1, 0.15) is 0 Å². The molecular weight excluding hydrogens is 404 g/mol. The van der Waals surface area contributed by atoms with Crippen molar-refractivity contribution in [1.29, 1.82) is 0 Å². The van der Waals surface area contributed by atoms with Crippen LogP contribution in [-0.2, 0) is 15.8 Å². The number of allylic oxidation sites excluding steroid dienone is 3. The maximum Gasteiger partial charge on any atom is 0.250 e.